The lowest BCUT2D eigenvalue weighted by molar-refractivity contribution is -0.174. The van der Waals surface area contributed by atoms with Gasteiger partial charge in [-0.25, -0.2) is 4.79 Å². The molecule has 0 heterocycles. The third-order valence-corrected chi connectivity index (χ3v) is 2.85. The summed E-state index contributed by atoms with van der Waals surface area (Å²) in [6, 6.07) is 7.93. The minimum absolute atomic E-state index is 0.278. The van der Waals surface area contributed by atoms with Crippen LogP contribution in [0.5, 0.6) is 0 Å². The molecule has 6 nitrogen and oxygen atoms in total. The first-order valence-electron chi connectivity index (χ1n) is 7.00. The fraction of sp³-hybridized carbons (Fsp3) is 0.467. The first-order valence-corrected chi connectivity index (χ1v) is 7.00. The Morgan fingerprint density at radius 1 is 1.29 bits per heavy atom. The molecule has 1 aromatic carbocycles. The van der Waals surface area contributed by atoms with Crippen LogP contribution in [0.3, 0.4) is 0 Å². The maximum Gasteiger partial charge on any atom is 0.357 e. The zero-order chi connectivity index (χ0) is 15.7. The smallest absolute Gasteiger partial charge is 0.357 e. The summed E-state index contributed by atoms with van der Waals surface area (Å²) in [4.78, 5) is 29.1. The van der Waals surface area contributed by atoms with E-state index in [4.69, 9.17) is 15.3 Å². The Morgan fingerprint density at radius 2 is 1.95 bits per heavy atom. The number of rotatable bonds is 8. The summed E-state index contributed by atoms with van der Waals surface area (Å²) in [7, 11) is 0. The zero-order valence-corrected chi connectivity index (χ0v) is 12.5. The highest BCUT2D eigenvalue weighted by molar-refractivity contribution is 5.89. The fourth-order valence-corrected chi connectivity index (χ4v) is 1.68. The van der Waals surface area contributed by atoms with Crippen LogP contribution in [0.1, 0.15) is 30.6 Å². The molecule has 1 aromatic rings. The minimum Gasteiger partial charge on any atom is -0.465 e. The van der Waals surface area contributed by atoms with Crippen molar-refractivity contribution in [3.8, 4) is 0 Å². The number of nitrogens with zero attached hydrogens (tertiary/aromatic N) is 1. The number of hydroxylamine groups is 2. The van der Waals surface area contributed by atoms with Gasteiger partial charge in [0.05, 0.1) is 12.2 Å². The number of esters is 1. The second-order valence-electron chi connectivity index (χ2n) is 4.46. The lowest BCUT2D eigenvalue weighted by Crippen LogP contribution is -2.42. The highest BCUT2D eigenvalue weighted by Crippen LogP contribution is 2.09. The van der Waals surface area contributed by atoms with Crippen molar-refractivity contribution in [2.24, 2.45) is 5.73 Å². The maximum absolute atomic E-state index is 12.1. The monoisotopic (exact) mass is 294 g/mol. The van der Waals surface area contributed by atoms with Crippen molar-refractivity contribution in [3.63, 3.8) is 0 Å². The Kier molecular flexibility index (Phi) is 7.42. The Bertz CT molecular complexity index is 450. The van der Waals surface area contributed by atoms with Gasteiger partial charge in [-0.2, -0.15) is 0 Å². The SMILES string of the molecule is CCOC(=O)C(C)N(CCCN)OC(=O)c1ccccc1. The molecule has 0 saturated carbocycles. The molecule has 0 fully saturated rings. The molecule has 0 amide bonds. The molecule has 0 bridgehead atoms. The number of nitrogens with two attached hydrogens (primary N) is 1. The van der Waals surface area contributed by atoms with Crippen LogP contribution in [-0.2, 0) is 14.4 Å². The molecule has 1 unspecified atom stereocenters. The van der Waals surface area contributed by atoms with Crippen molar-refractivity contribution in [1.82, 2.24) is 5.06 Å². The number of benzene rings is 1. The molecule has 0 aliphatic heterocycles. The molecule has 0 saturated heterocycles. The highest BCUT2D eigenvalue weighted by Gasteiger charge is 2.26. The topological polar surface area (TPSA) is 81.9 Å². The number of ether oxygens (including phenoxy) is 1. The van der Waals surface area contributed by atoms with E-state index in [0.717, 1.165) is 0 Å². The van der Waals surface area contributed by atoms with Crippen molar-refractivity contribution >= 4 is 11.9 Å². The van der Waals surface area contributed by atoms with E-state index in [2.05, 4.69) is 0 Å². The fourth-order valence-electron chi connectivity index (χ4n) is 1.68. The summed E-state index contributed by atoms with van der Waals surface area (Å²) in [6.45, 7) is 4.45. The number of carbonyl (C=O) groups is 2. The van der Waals surface area contributed by atoms with Crippen LogP contribution in [0, 0.1) is 0 Å². The van der Waals surface area contributed by atoms with Crippen LogP contribution in [0.4, 0.5) is 0 Å². The third-order valence-electron chi connectivity index (χ3n) is 2.85. The summed E-state index contributed by atoms with van der Waals surface area (Å²) in [5, 5.41) is 1.32. The maximum atomic E-state index is 12.1. The second kappa shape index (κ2) is 9.10. The summed E-state index contributed by atoms with van der Waals surface area (Å²) in [5.74, 6) is -0.945. The van der Waals surface area contributed by atoms with Gasteiger partial charge in [0.15, 0.2) is 0 Å². The Balaban J connectivity index is 2.73. The number of hydrogen-bond donors (Lipinski definition) is 1. The molecule has 0 aliphatic carbocycles. The van der Waals surface area contributed by atoms with Crippen LogP contribution in [-0.4, -0.2) is 42.7 Å². The van der Waals surface area contributed by atoms with E-state index >= 15 is 0 Å². The van der Waals surface area contributed by atoms with E-state index in [1.54, 1.807) is 38.1 Å². The molecule has 0 aliphatic rings. The van der Waals surface area contributed by atoms with Crippen LogP contribution in [0.25, 0.3) is 0 Å². The quantitative estimate of drug-likeness (QED) is 0.576. The van der Waals surface area contributed by atoms with Gasteiger partial charge in [0.25, 0.3) is 0 Å². The zero-order valence-electron chi connectivity index (χ0n) is 12.5. The van der Waals surface area contributed by atoms with Gasteiger partial charge >= 0.3 is 11.9 Å². The second-order valence-corrected chi connectivity index (χ2v) is 4.46. The molecule has 21 heavy (non-hydrogen) atoms. The molecule has 116 valence electrons. The van der Waals surface area contributed by atoms with E-state index in [1.165, 1.54) is 5.06 Å². The summed E-state index contributed by atoms with van der Waals surface area (Å²) < 4.78 is 4.95. The Hall–Kier alpha value is -1.92. The van der Waals surface area contributed by atoms with E-state index < -0.39 is 18.0 Å². The van der Waals surface area contributed by atoms with E-state index in [0.29, 0.717) is 25.1 Å². The van der Waals surface area contributed by atoms with Crippen molar-refractivity contribution in [2.45, 2.75) is 26.3 Å². The molecule has 2 N–H and O–H groups in total. The van der Waals surface area contributed by atoms with Gasteiger partial charge in [-0.15, -0.1) is 5.06 Å². The van der Waals surface area contributed by atoms with Gasteiger partial charge in [-0.05, 0) is 38.9 Å². The van der Waals surface area contributed by atoms with E-state index in [-0.39, 0.29) is 6.61 Å². The van der Waals surface area contributed by atoms with E-state index in [9.17, 15) is 9.59 Å². The van der Waals surface area contributed by atoms with Crippen molar-refractivity contribution in [3.05, 3.63) is 35.9 Å². The third kappa shape index (κ3) is 5.53. The standard InChI is InChI=1S/C15H22N2O4/c1-3-20-14(18)12(2)17(11-7-10-16)21-15(19)13-8-5-4-6-9-13/h4-6,8-9,12H,3,7,10-11,16H2,1-2H3. The molecule has 6 heteroatoms. The van der Waals surface area contributed by atoms with Gasteiger partial charge in [-0.3, -0.25) is 4.79 Å². The van der Waals surface area contributed by atoms with Gasteiger partial charge in [0.2, 0.25) is 0 Å². The normalized spacial score (nSPS) is 12.0. The predicted molar refractivity (Wildman–Crippen MR) is 78.3 cm³/mol. The van der Waals surface area contributed by atoms with Crippen LogP contribution in [0.2, 0.25) is 0 Å². The average Bonchev–Trinajstić information content (AvgIpc) is 2.51. The van der Waals surface area contributed by atoms with Crippen molar-refractivity contribution in [2.75, 3.05) is 19.7 Å². The molecular formula is C15H22N2O4. The lowest BCUT2D eigenvalue weighted by atomic mass is 10.2. The largest absolute Gasteiger partial charge is 0.465 e. The molecule has 1 rings (SSSR count). The molecule has 0 spiro atoms. The molecule has 0 aromatic heterocycles. The molecular weight excluding hydrogens is 272 g/mol. The summed E-state index contributed by atoms with van der Waals surface area (Å²) in [6.07, 6.45) is 0.603. The lowest BCUT2D eigenvalue weighted by Gasteiger charge is -2.25. The van der Waals surface area contributed by atoms with Gasteiger partial charge in [0.1, 0.15) is 6.04 Å². The first kappa shape index (κ1) is 17.1. The van der Waals surface area contributed by atoms with Gasteiger partial charge < -0.3 is 15.3 Å². The number of carbonyl (C=O) groups excluding carboxylic acids is 2. The van der Waals surface area contributed by atoms with Crippen molar-refractivity contribution < 1.29 is 19.2 Å². The van der Waals surface area contributed by atoms with Crippen LogP contribution >= 0.6 is 0 Å². The average molecular weight is 294 g/mol. The predicted octanol–water partition coefficient (Wildman–Crippen LogP) is 1.36. The Labute approximate surface area is 124 Å². The molecule has 1 atom stereocenters. The Morgan fingerprint density at radius 3 is 2.52 bits per heavy atom. The van der Waals surface area contributed by atoms with Crippen molar-refractivity contribution in [1.29, 1.82) is 0 Å². The minimum atomic E-state index is -0.677. The highest BCUT2D eigenvalue weighted by atomic mass is 16.7. The summed E-state index contributed by atoms with van der Waals surface area (Å²) >= 11 is 0. The van der Waals surface area contributed by atoms with Gasteiger partial charge in [-0.1, -0.05) is 18.2 Å². The van der Waals surface area contributed by atoms with Crippen LogP contribution < -0.4 is 5.73 Å². The molecule has 0 radical (unpaired) electrons. The first-order chi connectivity index (χ1) is 10.1. The number of hydrogen-bond acceptors (Lipinski definition) is 6. The van der Waals surface area contributed by atoms with E-state index in [1.807, 2.05) is 6.07 Å². The van der Waals surface area contributed by atoms with Crippen LogP contribution in [0.15, 0.2) is 30.3 Å². The summed E-state index contributed by atoms with van der Waals surface area (Å²) in [5.41, 5.74) is 5.89. The van der Waals surface area contributed by atoms with Gasteiger partial charge in [0, 0.05) is 6.54 Å².